The number of methoxy groups -OCH3 is 2. The first kappa shape index (κ1) is 14.8. The molecule has 1 aromatic carbocycles. The molecule has 0 atom stereocenters. The number of likely N-dealkylation sites (N-methyl/N-ethyl adjacent to an activating group) is 1. The Morgan fingerprint density at radius 1 is 1.21 bits per heavy atom. The number of carboxylic acid groups (broad SMARTS) is 1. The average Bonchev–Trinajstić information content (AvgIpc) is 2.36. The summed E-state index contributed by atoms with van der Waals surface area (Å²) < 4.78 is 10.3. The van der Waals surface area contributed by atoms with Gasteiger partial charge in [-0.05, 0) is 24.6 Å². The summed E-state index contributed by atoms with van der Waals surface area (Å²) in [6.07, 6.45) is 0. The number of benzene rings is 1. The summed E-state index contributed by atoms with van der Waals surface area (Å²) in [4.78, 5) is 23.9. The minimum Gasteiger partial charge on any atom is -0.496 e. The third kappa shape index (κ3) is 3.37. The molecule has 1 aromatic rings. The van der Waals surface area contributed by atoms with E-state index in [9.17, 15) is 9.59 Å². The standard InChI is InChI=1S/C13H17NO5/c1-8-5-11(19-4)9(6-10(8)18-3)13(17)14(2)7-12(15)16/h5-6H,7H2,1-4H3,(H,15,16). The van der Waals surface area contributed by atoms with E-state index in [0.717, 1.165) is 10.5 Å². The van der Waals surface area contributed by atoms with Crippen LogP contribution in [0.15, 0.2) is 12.1 Å². The first-order valence-electron chi connectivity index (χ1n) is 5.60. The van der Waals surface area contributed by atoms with E-state index in [4.69, 9.17) is 14.6 Å². The van der Waals surface area contributed by atoms with E-state index < -0.39 is 11.9 Å². The zero-order chi connectivity index (χ0) is 14.6. The van der Waals surface area contributed by atoms with Crippen LogP contribution in [0.25, 0.3) is 0 Å². The van der Waals surface area contributed by atoms with Crippen LogP contribution in [0, 0.1) is 6.92 Å². The lowest BCUT2D eigenvalue weighted by molar-refractivity contribution is -0.137. The number of carbonyl (C=O) groups excluding carboxylic acids is 1. The summed E-state index contributed by atoms with van der Waals surface area (Å²) in [7, 11) is 4.38. The molecule has 0 aliphatic carbocycles. The number of aliphatic carboxylic acids is 1. The number of ether oxygens (including phenoxy) is 2. The highest BCUT2D eigenvalue weighted by atomic mass is 16.5. The van der Waals surface area contributed by atoms with Crippen LogP contribution in [0.2, 0.25) is 0 Å². The molecule has 0 fully saturated rings. The fraction of sp³-hybridized carbons (Fsp3) is 0.385. The van der Waals surface area contributed by atoms with Gasteiger partial charge in [0.1, 0.15) is 18.0 Å². The van der Waals surface area contributed by atoms with Gasteiger partial charge in [0, 0.05) is 7.05 Å². The number of nitrogens with zero attached hydrogens (tertiary/aromatic N) is 1. The van der Waals surface area contributed by atoms with Crippen molar-refractivity contribution in [2.45, 2.75) is 6.92 Å². The van der Waals surface area contributed by atoms with Crippen molar-refractivity contribution in [3.63, 3.8) is 0 Å². The van der Waals surface area contributed by atoms with Gasteiger partial charge in [-0.1, -0.05) is 0 Å². The molecular weight excluding hydrogens is 250 g/mol. The summed E-state index contributed by atoms with van der Waals surface area (Å²) in [6.45, 7) is 1.45. The second-order valence-corrected chi connectivity index (χ2v) is 4.08. The highest BCUT2D eigenvalue weighted by Gasteiger charge is 2.20. The molecule has 19 heavy (non-hydrogen) atoms. The number of amides is 1. The van der Waals surface area contributed by atoms with E-state index in [-0.39, 0.29) is 12.1 Å². The molecule has 6 nitrogen and oxygen atoms in total. The maximum Gasteiger partial charge on any atom is 0.323 e. The predicted molar refractivity (Wildman–Crippen MR) is 68.9 cm³/mol. The van der Waals surface area contributed by atoms with Gasteiger partial charge in [-0.3, -0.25) is 9.59 Å². The minimum absolute atomic E-state index is 0.272. The summed E-state index contributed by atoms with van der Waals surface area (Å²) in [6, 6.07) is 3.23. The molecule has 0 aromatic heterocycles. The van der Waals surface area contributed by atoms with Gasteiger partial charge in [0.2, 0.25) is 0 Å². The Labute approximate surface area is 111 Å². The molecule has 1 N–H and O–H groups in total. The van der Waals surface area contributed by atoms with Gasteiger partial charge < -0.3 is 19.5 Å². The minimum atomic E-state index is -1.08. The molecule has 0 aliphatic heterocycles. The molecule has 0 spiro atoms. The van der Waals surface area contributed by atoms with E-state index in [1.54, 1.807) is 12.1 Å². The molecular formula is C13H17NO5. The molecule has 0 saturated carbocycles. The lowest BCUT2D eigenvalue weighted by Crippen LogP contribution is -2.32. The Morgan fingerprint density at radius 3 is 2.26 bits per heavy atom. The van der Waals surface area contributed by atoms with Crippen LogP contribution < -0.4 is 9.47 Å². The topological polar surface area (TPSA) is 76.1 Å². The van der Waals surface area contributed by atoms with Crippen molar-refractivity contribution in [1.29, 1.82) is 0 Å². The Balaban J connectivity index is 3.17. The summed E-state index contributed by atoms with van der Waals surface area (Å²) in [5, 5.41) is 8.70. The molecule has 0 saturated heterocycles. The fourth-order valence-corrected chi connectivity index (χ4v) is 1.70. The predicted octanol–water partition coefficient (Wildman–Crippen LogP) is 1.17. The third-order valence-corrected chi connectivity index (χ3v) is 2.67. The SMILES string of the molecule is COc1cc(C(=O)N(C)CC(=O)O)c(OC)cc1C. The van der Waals surface area contributed by atoms with Gasteiger partial charge in [0.05, 0.1) is 19.8 Å². The maximum absolute atomic E-state index is 12.2. The van der Waals surface area contributed by atoms with Crippen LogP contribution >= 0.6 is 0 Å². The van der Waals surface area contributed by atoms with Gasteiger partial charge in [-0.2, -0.15) is 0 Å². The van der Waals surface area contributed by atoms with E-state index >= 15 is 0 Å². The number of aryl methyl sites for hydroxylation is 1. The van der Waals surface area contributed by atoms with E-state index in [1.807, 2.05) is 6.92 Å². The van der Waals surface area contributed by atoms with Crippen molar-refractivity contribution in [2.75, 3.05) is 27.8 Å². The largest absolute Gasteiger partial charge is 0.496 e. The molecule has 0 aliphatic rings. The molecule has 1 amide bonds. The van der Waals surface area contributed by atoms with Gasteiger partial charge >= 0.3 is 5.97 Å². The summed E-state index contributed by atoms with van der Waals surface area (Å²) >= 11 is 0. The molecule has 0 heterocycles. The van der Waals surface area contributed by atoms with Crippen molar-refractivity contribution in [2.24, 2.45) is 0 Å². The molecule has 0 unspecified atom stereocenters. The van der Waals surface area contributed by atoms with Crippen LogP contribution in [0.3, 0.4) is 0 Å². The zero-order valence-corrected chi connectivity index (χ0v) is 11.4. The van der Waals surface area contributed by atoms with Gasteiger partial charge in [-0.15, -0.1) is 0 Å². The maximum atomic E-state index is 12.2. The van der Waals surface area contributed by atoms with Crippen LogP contribution in [0.1, 0.15) is 15.9 Å². The summed E-state index contributed by atoms with van der Waals surface area (Å²) in [5.74, 6) is -0.570. The normalized spacial score (nSPS) is 9.89. The first-order valence-corrected chi connectivity index (χ1v) is 5.60. The smallest absolute Gasteiger partial charge is 0.323 e. The van der Waals surface area contributed by atoms with Crippen LogP contribution in [-0.4, -0.2) is 49.7 Å². The number of rotatable bonds is 5. The Bertz CT molecular complexity index is 498. The van der Waals surface area contributed by atoms with Crippen molar-refractivity contribution >= 4 is 11.9 Å². The first-order chi connectivity index (χ1) is 8.90. The lowest BCUT2D eigenvalue weighted by Gasteiger charge is -2.18. The third-order valence-electron chi connectivity index (χ3n) is 2.67. The molecule has 0 radical (unpaired) electrons. The highest BCUT2D eigenvalue weighted by Crippen LogP contribution is 2.28. The van der Waals surface area contributed by atoms with Crippen LogP contribution in [-0.2, 0) is 4.79 Å². The number of carbonyl (C=O) groups is 2. The highest BCUT2D eigenvalue weighted by molar-refractivity contribution is 5.98. The molecule has 104 valence electrons. The second-order valence-electron chi connectivity index (χ2n) is 4.08. The second kappa shape index (κ2) is 6.08. The van der Waals surface area contributed by atoms with E-state index in [1.165, 1.54) is 21.3 Å². The van der Waals surface area contributed by atoms with Gasteiger partial charge in [-0.25, -0.2) is 0 Å². The summed E-state index contributed by atoms with van der Waals surface area (Å²) in [5.41, 5.74) is 1.10. The molecule has 1 rings (SSSR count). The van der Waals surface area contributed by atoms with Gasteiger partial charge in [0.15, 0.2) is 0 Å². The van der Waals surface area contributed by atoms with Crippen molar-refractivity contribution in [3.8, 4) is 11.5 Å². The van der Waals surface area contributed by atoms with Crippen LogP contribution in [0.5, 0.6) is 11.5 Å². The van der Waals surface area contributed by atoms with E-state index in [0.29, 0.717) is 11.5 Å². The monoisotopic (exact) mass is 267 g/mol. The van der Waals surface area contributed by atoms with Crippen molar-refractivity contribution in [1.82, 2.24) is 4.90 Å². The number of hydrogen-bond acceptors (Lipinski definition) is 4. The molecule has 6 heteroatoms. The zero-order valence-electron chi connectivity index (χ0n) is 11.4. The fourth-order valence-electron chi connectivity index (χ4n) is 1.70. The lowest BCUT2D eigenvalue weighted by atomic mass is 10.1. The Morgan fingerprint density at radius 2 is 1.79 bits per heavy atom. The Kier molecular flexibility index (Phi) is 4.74. The van der Waals surface area contributed by atoms with Crippen LogP contribution in [0.4, 0.5) is 0 Å². The Hall–Kier alpha value is -2.24. The van der Waals surface area contributed by atoms with Gasteiger partial charge in [0.25, 0.3) is 5.91 Å². The molecule has 0 bridgehead atoms. The number of carboxylic acids is 1. The van der Waals surface area contributed by atoms with Crippen molar-refractivity contribution < 1.29 is 24.2 Å². The average molecular weight is 267 g/mol. The van der Waals surface area contributed by atoms with E-state index in [2.05, 4.69) is 0 Å². The van der Waals surface area contributed by atoms with Crippen molar-refractivity contribution in [3.05, 3.63) is 23.3 Å². The number of hydrogen-bond donors (Lipinski definition) is 1. The quantitative estimate of drug-likeness (QED) is 0.866.